The van der Waals surface area contributed by atoms with Crippen LogP contribution in [0.3, 0.4) is 0 Å². The molecular weight excluding hydrogens is 270 g/mol. The second-order valence-electron chi connectivity index (χ2n) is 5.31. The summed E-state index contributed by atoms with van der Waals surface area (Å²) >= 11 is 0. The minimum Gasteiger partial charge on any atom is -0.493 e. The molecule has 0 aliphatic carbocycles. The lowest BCUT2D eigenvalue weighted by molar-refractivity contribution is 0.135. The van der Waals surface area contributed by atoms with E-state index in [1.807, 2.05) is 12.1 Å². The normalized spacial score (nSPS) is 19.3. The van der Waals surface area contributed by atoms with E-state index >= 15 is 0 Å². The third-order valence-electron chi connectivity index (χ3n) is 3.72. The van der Waals surface area contributed by atoms with Gasteiger partial charge in [-0.25, -0.2) is 0 Å². The molecule has 1 heterocycles. The van der Waals surface area contributed by atoms with Crippen molar-refractivity contribution in [1.82, 2.24) is 0 Å². The third kappa shape index (κ3) is 4.02. The monoisotopic (exact) mass is 295 g/mol. The standard InChI is InChI=1S/C16H25NO4/c1-4-12(17)7-11-8-14(18-2)16(15(9-11)19-3)21-13-5-6-20-10-13/h8-9,12-13H,4-7,10,17H2,1-3H3. The van der Waals surface area contributed by atoms with Gasteiger partial charge in [0, 0.05) is 12.5 Å². The summed E-state index contributed by atoms with van der Waals surface area (Å²) in [7, 11) is 3.27. The Labute approximate surface area is 126 Å². The summed E-state index contributed by atoms with van der Waals surface area (Å²) in [5.41, 5.74) is 7.12. The maximum absolute atomic E-state index is 6.03. The summed E-state index contributed by atoms with van der Waals surface area (Å²) in [6.07, 6.45) is 2.66. The lowest BCUT2D eigenvalue weighted by Gasteiger charge is -2.19. The zero-order valence-electron chi connectivity index (χ0n) is 13.1. The van der Waals surface area contributed by atoms with Gasteiger partial charge in [-0.1, -0.05) is 6.92 Å². The summed E-state index contributed by atoms with van der Waals surface area (Å²) in [6.45, 7) is 3.42. The third-order valence-corrected chi connectivity index (χ3v) is 3.72. The zero-order chi connectivity index (χ0) is 15.2. The molecule has 5 nitrogen and oxygen atoms in total. The second kappa shape index (κ2) is 7.52. The summed E-state index contributed by atoms with van der Waals surface area (Å²) in [5.74, 6) is 2.00. The molecule has 1 aromatic rings. The minimum atomic E-state index is 0.0524. The van der Waals surface area contributed by atoms with Gasteiger partial charge in [-0.15, -0.1) is 0 Å². The SMILES string of the molecule is CCC(N)Cc1cc(OC)c(OC2CCOC2)c(OC)c1. The van der Waals surface area contributed by atoms with Gasteiger partial charge in [-0.2, -0.15) is 0 Å². The van der Waals surface area contributed by atoms with Gasteiger partial charge < -0.3 is 24.7 Å². The molecule has 5 heteroatoms. The summed E-state index contributed by atoms with van der Waals surface area (Å²) in [6, 6.07) is 4.08. The lowest BCUT2D eigenvalue weighted by atomic mass is 10.0. The fourth-order valence-electron chi connectivity index (χ4n) is 2.39. The van der Waals surface area contributed by atoms with Gasteiger partial charge in [0.1, 0.15) is 6.10 Å². The van der Waals surface area contributed by atoms with Crippen molar-refractivity contribution >= 4 is 0 Å². The van der Waals surface area contributed by atoms with Crippen LogP contribution in [-0.4, -0.2) is 39.6 Å². The highest BCUT2D eigenvalue weighted by atomic mass is 16.6. The number of rotatable bonds is 7. The molecule has 0 aromatic heterocycles. The Kier molecular flexibility index (Phi) is 5.70. The molecule has 0 amide bonds. The Morgan fingerprint density at radius 1 is 1.29 bits per heavy atom. The van der Waals surface area contributed by atoms with E-state index < -0.39 is 0 Å². The molecule has 0 radical (unpaired) electrons. The molecule has 21 heavy (non-hydrogen) atoms. The molecule has 2 unspecified atom stereocenters. The maximum atomic E-state index is 6.03. The summed E-state index contributed by atoms with van der Waals surface area (Å²) in [5, 5.41) is 0. The highest BCUT2D eigenvalue weighted by Gasteiger charge is 2.22. The Morgan fingerprint density at radius 2 is 1.95 bits per heavy atom. The van der Waals surface area contributed by atoms with Gasteiger partial charge in [-0.05, 0) is 30.5 Å². The largest absolute Gasteiger partial charge is 0.493 e. The number of ether oxygens (including phenoxy) is 4. The van der Waals surface area contributed by atoms with Crippen LogP contribution >= 0.6 is 0 Å². The fourth-order valence-corrected chi connectivity index (χ4v) is 2.39. The van der Waals surface area contributed by atoms with E-state index in [0.29, 0.717) is 23.9 Å². The summed E-state index contributed by atoms with van der Waals surface area (Å²) < 4.78 is 22.3. The van der Waals surface area contributed by atoms with Crippen LogP contribution in [0, 0.1) is 0 Å². The van der Waals surface area contributed by atoms with Crippen molar-refractivity contribution in [2.24, 2.45) is 5.73 Å². The van der Waals surface area contributed by atoms with Crippen molar-refractivity contribution in [3.63, 3.8) is 0 Å². The van der Waals surface area contributed by atoms with E-state index in [9.17, 15) is 0 Å². The molecule has 1 fully saturated rings. The first-order chi connectivity index (χ1) is 10.2. The number of benzene rings is 1. The van der Waals surface area contributed by atoms with Crippen LogP contribution in [0.5, 0.6) is 17.2 Å². The predicted molar refractivity (Wildman–Crippen MR) is 81.4 cm³/mol. The number of hydrogen-bond donors (Lipinski definition) is 1. The first-order valence-electron chi connectivity index (χ1n) is 7.42. The van der Waals surface area contributed by atoms with Gasteiger partial charge in [0.2, 0.25) is 5.75 Å². The highest BCUT2D eigenvalue weighted by molar-refractivity contribution is 5.54. The molecule has 1 aromatic carbocycles. The van der Waals surface area contributed by atoms with Crippen molar-refractivity contribution in [1.29, 1.82) is 0 Å². The molecule has 2 rings (SSSR count). The maximum Gasteiger partial charge on any atom is 0.203 e. The number of hydrogen-bond acceptors (Lipinski definition) is 5. The molecule has 1 aliphatic rings. The van der Waals surface area contributed by atoms with Crippen LogP contribution in [-0.2, 0) is 11.2 Å². The molecule has 2 atom stereocenters. The van der Waals surface area contributed by atoms with Crippen molar-refractivity contribution in [3.05, 3.63) is 17.7 Å². The van der Waals surface area contributed by atoms with Crippen LogP contribution in [0.25, 0.3) is 0 Å². The van der Waals surface area contributed by atoms with Crippen LogP contribution < -0.4 is 19.9 Å². The predicted octanol–water partition coefficient (Wildman–Crippen LogP) is 2.15. The molecule has 1 saturated heterocycles. The average molecular weight is 295 g/mol. The quantitative estimate of drug-likeness (QED) is 0.835. The molecule has 118 valence electrons. The Morgan fingerprint density at radius 3 is 2.43 bits per heavy atom. The molecule has 0 saturated carbocycles. The lowest BCUT2D eigenvalue weighted by Crippen LogP contribution is -2.21. The van der Waals surface area contributed by atoms with E-state index in [-0.39, 0.29) is 12.1 Å². The smallest absolute Gasteiger partial charge is 0.203 e. The number of methoxy groups -OCH3 is 2. The van der Waals surface area contributed by atoms with Gasteiger partial charge in [-0.3, -0.25) is 0 Å². The number of nitrogens with two attached hydrogens (primary N) is 1. The molecule has 2 N–H and O–H groups in total. The van der Waals surface area contributed by atoms with E-state index in [1.54, 1.807) is 14.2 Å². The van der Waals surface area contributed by atoms with E-state index in [2.05, 4.69) is 6.92 Å². The molecule has 1 aliphatic heterocycles. The van der Waals surface area contributed by atoms with Crippen LogP contribution in [0.4, 0.5) is 0 Å². The van der Waals surface area contributed by atoms with Crippen LogP contribution in [0.2, 0.25) is 0 Å². The Balaban J connectivity index is 2.25. The molecular formula is C16H25NO4. The van der Waals surface area contributed by atoms with Crippen molar-refractivity contribution in [2.75, 3.05) is 27.4 Å². The minimum absolute atomic E-state index is 0.0524. The average Bonchev–Trinajstić information content (AvgIpc) is 3.01. The van der Waals surface area contributed by atoms with E-state index in [4.69, 9.17) is 24.7 Å². The first-order valence-corrected chi connectivity index (χ1v) is 7.42. The van der Waals surface area contributed by atoms with Crippen molar-refractivity contribution < 1.29 is 18.9 Å². The Bertz CT molecular complexity index is 433. The fraction of sp³-hybridized carbons (Fsp3) is 0.625. The van der Waals surface area contributed by atoms with Gasteiger partial charge in [0.15, 0.2) is 11.5 Å². The van der Waals surface area contributed by atoms with Gasteiger partial charge >= 0.3 is 0 Å². The second-order valence-corrected chi connectivity index (χ2v) is 5.31. The molecule has 0 spiro atoms. The van der Waals surface area contributed by atoms with Crippen LogP contribution in [0.1, 0.15) is 25.3 Å². The van der Waals surface area contributed by atoms with Crippen LogP contribution in [0.15, 0.2) is 12.1 Å². The first kappa shape index (κ1) is 15.9. The molecule has 0 bridgehead atoms. The van der Waals surface area contributed by atoms with Gasteiger partial charge in [0.25, 0.3) is 0 Å². The van der Waals surface area contributed by atoms with Crippen molar-refractivity contribution in [2.45, 2.75) is 38.3 Å². The zero-order valence-corrected chi connectivity index (χ0v) is 13.1. The summed E-state index contributed by atoms with van der Waals surface area (Å²) in [4.78, 5) is 0. The van der Waals surface area contributed by atoms with Gasteiger partial charge in [0.05, 0.1) is 27.4 Å². The van der Waals surface area contributed by atoms with E-state index in [1.165, 1.54) is 0 Å². The van der Waals surface area contributed by atoms with E-state index in [0.717, 1.165) is 31.4 Å². The Hall–Kier alpha value is -1.46. The highest BCUT2D eigenvalue weighted by Crippen LogP contribution is 2.40. The topological polar surface area (TPSA) is 62.9 Å². The van der Waals surface area contributed by atoms with Crippen molar-refractivity contribution in [3.8, 4) is 17.2 Å².